The first-order valence-electron chi connectivity index (χ1n) is 10.2. The Morgan fingerprint density at radius 1 is 0.931 bits per heavy atom. The van der Waals surface area contributed by atoms with Crippen molar-refractivity contribution in [1.29, 1.82) is 5.26 Å². The van der Waals surface area contributed by atoms with Crippen molar-refractivity contribution in [1.82, 2.24) is 0 Å². The Labute approximate surface area is 170 Å². The number of benzene rings is 3. The quantitative estimate of drug-likeness (QED) is 0.487. The molecule has 0 fully saturated rings. The van der Waals surface area contributed by atoms with E-state index in [2.05, 4.69) is 37.3 Å². The van der Waals surface area contributed by atoms with Gasteiger partial charge in [-0.05, 0) is 77.1 Å². The fourth-order valence-electron chi connectivity index (χ4n) is 4.31. The number of hydrogen-bond acceptors (Lipinski definition) is 1. The van der Waals surface area contributed by atoms with Crippen molar-refractivity contribution in [2.75, 3.05) is 0 Å². The minimum absolute atomic E-state index is 0.468. The van der Waals surface area contributed by atoms with Gasteiger partial charge in [-0.3, -0.25) is 0 Å². The van der Waals surface area contributed by atoms with Gasteiger partial charge < -0.3 is 0 Å². The fourth-order valence-corrected chi connectivity index (χ4v) is 4.31. The molecule has 0 N–H and O–H groups in total. The number of halogens is 2. The molecule has 0 heterocycles. The number of nitriles is 1. The van der Waals surface area contributed by atoms with Gasteiger partial charge in [-0.1, -0.05) is 55.8 Å². The van der Waals surface area contributed by atoms with Crippen LogP contribution in [0, 0.1) is 23.0 Å². The second-order valence-electron chi connectivity index (χ2n) is 7.84. The highest BCUT2D eigenvalue weighted by Crippen LogP contribution is 2.35. The summed E-state index contributed by atoms with van der Waals surface area (Å²) in [5, 5.41) is 8.85. The SMILES string of the molecule is CCCc1ccc(C2CCc3cc(-c4cc(F)c(C#N)c(F)c4)ccc3C2)cc1. The van der Waals surface area contributed by atoms with Crippen LogP contribution >= 0.6 is 0 Å². The molecule has 0 saturated carbocycles. The zero-order valence-corrected chi connectivity index (χ0v) is 16.5. The van der Waals surface area contributed by atoms with E-state index in [1.165, 1.54) is 34.4 Å². The topological polar surface area (TPSA) is 23.8 Å². The Kier molecular flexibility index (Phi) is 5.45. The first kappa shape index (κ1) is 19.3. The maximum atomic E-state index is 14.0. The summed E-state index contributed by atoms with van der Waals surface area (Å²) >= 11 is 0. The third-order valence-corrected chi connectivity index (χ3v) is 5.91. The van der Waals surface area contributed by atoms with E-state index in [4.69, 9.17) is 5.26 Å². The van der Waals surface area contributed by atoms with Crippen LogP contribution in [0.3, 0.4) is 0 Å². The molecule has 0 saturated heterocycles. The van der Waals surface area contributed by atoms with Crippen molar-refractivity contribution in [2.24, 2.45) is 0 Å². The molecule has 0 aliphatic heterocycles. The first-order chi connectivity index (χ1) is 14.1. The van der Waals surface area contributed by atoms with Crippen LogP contribution < -0.4 is 0 Å². The Hall–Kier alpha value is -2.99. The van der Waals surface area contributed by atoms with E-state index >= 15 is 0 Å². The zero-order chi connectivity index (χ0) is 20.4. The molecule has 29 heavy (non-hydrogen) atoms. The van der Waals surface area contributed by atoms with Gasteiger partial charge in [-0.15, -0.1) is 0 Å². The molecular weight excluding hydrogens is 364 g/mol. The molecule has 3 aromatic rings. The Morgan fingerprint density at radius 3 is 2.31 bits per heavy atom. The van der Waals surface area contributed by atoms with Crippen molar-refractivity contribution >= 4 is 0 Å². The first-order valence-corrected chi connectivity index (χ1v) is 10.2. The summed E-state index contributed by atoms with van der Waals surface area (Å²) in [6.45, 7) is 2.20. The summed E-state index contributed by atoms with van der Waals surface area (Å²) in [6.07, 6.45) is 5.28. The number of hydrogen-bond donors (Lipinski definition) is 0. The van der Waals surface area contributed by atoms with Crippen LogP contribution in [0.15, 0.2) is 54.6 Å². The monoisotopic (exact) mass is 387 g/mol. The normalized spacial score (nSPS) is 15.6. The standard InChI is InChI=1S/C26H23F2N/c1-2-3-17-4-6-18(7-5-17)19-8-9-21-13-22(11-10-20(21)12-19)23-14-25(27)24(16-29)26(28)15-23/h4-7,10-11,13-15,19H,2-3,8-9,12H2,1H3. The second kappa shape index (κ2) is 8.17. The molecule has 1 aliphatic rings. The van der Waals surface area contributed by atoms with Gasteiger partial charge in [-0.2, -0.15) is 5.26 Å². The number of rotatable bonds is 4. The molecular formula is C26H23F2N. The van der Waals surface area contributed by atoms with Gasteiger partial charge in [0.05, 0.1) is 0 Å². The van der Waals surface area contributed by atoms with E-state index in [1.54, 1.807) is 6.07 Å². The van der Waals surface area contributed by atoms with Gasteiger partial charge in [0.15, 0.2) is 0 Å². The second-order valence-corrected chi connectivity index (χ2v) is 7.84. The molecule has 0 aromatic heterocycles. The van der Waals surface area contributed by atoms with Crippen LogP contribution in [-0.2, 0) is 19.3 Å². The highest BCUT2D eigenvalue weighted by atomic mass is 19.1. The van der Waals surface area contributed by atoms with Gasteiger partial charge in [0.25, 0.3) is 0 Å². The minimum Gasteiger partial charge on any atom is -0.205 e. The molecule has 1 atom stereocenters. The van der Waals surface area contributed by atoms with E-state index in [-0.39, 0.29) is 0 Å². The summed E-state index contributed by atoms with van der Waals surface area (Å²) in [5.41, 5.74) is 6.04. The molecule has 0 bridgehead atoms. The number of fused-ring (bicyclic) bond motifs is 1. The van der Waals surface area contributed by atoms with E-state index in [0.29, 0.717) is 11.5 Å². The van der Waals surface area contributed by atoms with Gasteiger partial charge in [0.2, 0.25) is 0 Å². The van der Waals surface area contributed by atoms with E-state index < -0.39 is 17.2 Å². The number of nitrogens with zero attached hydrogens (tertiary/aromatic N) is 1. The predicted molar refractivity (Wildman–Crippen MR) is 112 cm³/mol. The molecule has 1 aliphatic carbocycles. The van der Waals surface area contributed by atoms with Crippen LogP contribution in [0.1, 0.15) is 53.5 Å². The van der Waals surface area contributed by atoms with Crippen molar-refractivity contribution in [3.05, 3.63) is 94.0 Å². The van der Waals surface area contributed by atoms with Gasteiger partial charge in [0.1, 0.15) is 23.3 Å². The highest BCUT2D eigenvalue weighted by molar-refractivity contribution is 5.66. The molecule has 0 amide bonds. The minimum atomic E-state index is -0.813. The summed E-state index contributed by atoms with van der Waals surface area (Å²) < 4.78 is 28.0. The molecule has 0 radical (unpaired) electrons. The zero-order valence-electron chi connectivity index (χ0n) is 16.5. The maximum Gasteiger partial charge on any atom is 0.144 e. The van der Waals surface area contributed by atoms with Gasteiger partial charge >= 0.3 is 0 Å². The Bertz CT molecular complexity index is 1050. The summed E-state index contributed by atoms with van der Waals surface area (Å²) in [5.74, 6) is -1.12. The molecule has 1 unspecified atom stereocenters. The predicted octanol–water partition coefficient (Wildman–Crippen LogP) is 6.73. The van der Waals surface area contributed by atoms with Gasteiger partial charge in [-0.25, -0.2) is 8.78 Å². The van der Waals surface area contributed by atoms with Crippen molar-refractivity contribution in [2.45, 2.75) is 44.9 Å². The molecule has 0 spiro atoms. The lowest BCUT2D eigenvalue weighted by atomic mass is 9.79. The summed E-state index contributed by atoms with van der Waals surface area (Å²) in [4.78, 5) is 0. The Morgan fingerprint density at radius 2 is 1.66 bits per heavy atom. The average Bonchev–Trinajstić information content (AvgIpc) is 2.73. The highest BCUT2D eigenvalue weighted by Gasteiger charge is 2.21. The molecule has 3 aromatic carbocycles. The fraction of sp³-hybridized carbons (Fsp3) is 0.269. The summed E-state index contributed by atoms with van der Waals surface area (Å²) in [7, 11) is 0. The van der Waals surface area contributed by atoms with Gasteiger partial charge in [0, 0.05) is 0 Å². The third-order valence-electron chi connectivity index (χ3n) is 5.91. The Balaban J connectivity index is 1.57. The molecule has 146 valence electrons. The third kappa shape index (κ3) is 3.93. The lowest BCUT2D eigenvalue weighted by molar-refractivity contribution is 0.577. The largest absolute Gasteiger partial charge is 0.205 e. The van der Waals surface area contributed by atoms with E-state index in [1.807, 2.05) is 12.1 Å². The van der Waals surface area contributed by atoms with E-state index in [9.17, 15) is 8.78 Å². The van der Waals surface area contributed by atoms with Crippen molar-refractivity contribution in [3.63, 3.8) is 0 Å². The number of aryl methyl sites for hydroxylation is 2. The lowest BCUT2D eigenvalue weighted by Crippen LogP contribution is -2.13. The lowest BCUT2D eigenvalue weighted by Gasteiger charge is -2.26. The van der Waals surface area contributed by atoms with Crippen molar-refractivity contribution in [3.8, 4) is 17.2 Å². The van der Waals surface area contributed by atoms with Crippen LogP contribution in [0.2, 0.25) is 0 Å². The summed E-state index contributed by atoms with van der Waals surface area (Å²) in [6, 6.07) is 19.1. The van der Waals surface area contributed by atoms with Crippen LogP contribution in [0.25, 0.3) is 11.1 Å². The van der Waals surface area contributed by atoms with Crippen molar-refractivity contribution < 1.29 is 8.78 Å². The molecule has 3 heteroatoms. The maximum absolute atomic E-state index is 14.0. The molecule has 1 nitrogen and oxygen atoms in total. The smallest absolute Gasteiger partial charge is 0.144 e. The van der Waals surface area contributed by atoms with Crippen LogP contribution in [-0.4, -0.2) is 0 Å². The van der Waals surface area contributed by atoms with E-state index in [0.717, 1.165) is 37.7 Å². The van der Waals surface area contributed by atoms with Crippen LogP contribution in [0.5, 0.6) is 0 Å². The average molecular weight is 387 g/mol. The van der Waals surface area contributed by atoms with Crippen LogP contribution in [0.4, 0.5) is 8.78 Å². The molecule has 4 rings (SSSR count).